The van der Waals surface area contributed by atoms with E-state index < -0.39 is 0 Å². The highest BCUT2D eigenvalue weighted by atomic mass is 32.2. The average Bonchev–Trinajstić information content (AvgIpc) is 3.08. The summed E-state index contributed by atoms with van der Waals surface area (Å²) >= 11 is 1.71. The molecular weight excluding hydrogens is 218 g/mol. The molecule has 1 aliphatic carbocycles. The van der Waals surface area contributed by atoms with Gasteiger partial charge in [-0.05, 0) is 18.4 Å². The summed E-state index contributed by atoms with van der Waals surface area (Å²) in [6, 6.07) is 10.4. The van der Waals surface area contributed by atoms with Crippen molar-refractivity contribution in [3.05, 3.63) is 48.0 Å². The Morgan fingerprint density at radius 2 is 2.06 bits per heavy atom. The maximum absolute atomic E-state index is 5.68. The zero-order valence-electron chi connectivity index (χ0n) is 8.93. The van der Waals surface area contributed by atoms with E-state index in [0.29, 0.717) is 5.92 Å². The molecular formula is C13H13NOS. The average molecular weight is 231 g/mol. The molecule has 1 saturated carbocycles. The summed E-state index contributed by atoms with van der Waals surface area (Å²) in [5.41, 5.74) is 1.32. The van der Waals surface area contributed by atoms with E-state index in [-0.39, 0.29) is 0 Å². The van der Waals surface area contributed by atoms with E-state index in [1.54, 1.807) is 11.8 Å². The highest BCUT2D eigenvalue weighted by Crippen LogP contribution is 2.40. The van der Waals surface area contributed by atoms with Gasteiger partial charge in [0.05, 0.1) is 6.20 Å². The quantitative estimate of drug-likeness (QED) is 0.748. The highest BCUT2D eigenvalue weighted by Gasteiger charge is 2.28. The molecule has 2 nitrogen and oxygen atoms in total. The van der Waals surface area contributed by atoms with Gasteiger partial charge < -0.3 is 4.42 Å². The van der Waals surface area contributed by atoms with Gasteiger partial charge in [0, 0.05) is 11.7 Å². The number of hydrogen-bond acceptors (Lipinski definition) is 3. The van der Waals surface area contributed by atoms with Crippen molar-refractivity contribution in [1.29, 1.82) is 0 Å². The first kappa shape index (κ1) is 9.97. The van der Waals surface area contributed by atoms with Gasteiger partial charge in [0.1, 0.15) is 0 Å². The summed E-state index contributed by atoms with van der Waals surface area (Å²) in [5, 5.41) is 0.936. The molecule has 1 heterocycles. The number of oxazole rings is 1. The summed E-state index contributed by atoms with van der Waals surface area (Å²) in [4.78, 5) is 4.30. The summed E-state index contributed by atoms with van der Waals surface area (Å²) in [7, 11) is 0. The Morgan fingerprint density at radius 1 is 1.25 bits per heavy atom. The van der Waals surface area contributed by atoms with Crippen LogP contribution in [0.5, 0.6) is 0 Å². The first-order chi connectivity index (χ1) is 7.92. The van der Waals surface area contributed by atoms with E-state index in [4.69, 9.17) is 4.42 Å². The van der Waals surface area contributed by atoms with E-state index in [2.05, 4.69) is 29.2 Å². The van der Waals surface area contributed by atoms with Crippen molar-refractivity contribution in [2.24, 2.45) is 0 Å². The van der Waals surface area contributed by atoms with Crippen LogP contribution in [0.15, 0.2) is 46.0 Å². The molecule has 1 aromatic heterocycles. The molecule has 0 aliphatic heterocycles. The van der Waals surface area contributed by atoms with Gasteiger partial charge in [0.25, 0.3) is 0 Å². The topological polar surface area (TPSA) is 26.0 Å². The fraction of sp³-hybridized carbons (Fsp3) is 0.308. The minimum absolute atomic E-state index is 0.603. The predicted octanol–water partition coefficient (Wildman–Crippen LogP) is 3.84. The molecule has 1 fully saturated rings. The number of rotatable bonds is 4. The van der Waals surface area contributed by atoms with Crippen LogP contribution in [0.1, 0.15) is 30.2 Å². The van der Waals surface area contributed by atoms with Gasteiger partial charge in [-0.25, -0.2) is 4.98 Å². The van der Waals surface area contributed by atoms with Crippen LogP contribution in [-0.4, -0.2) is 4.98 Å². The minimum Gasteiger partial charge on any atom is -0.434 e. The SMILES string of the molecule is c1ccc(CSc2cnc(C3CC3)o2)cc1. The fourth-order valence-electron chi connectivity index (χ4n) is 1.59. The summed E-state index contributed by atoms with van der Waals surface area (Å²) in [6.07, 6.45) is 4.33. The van der Waals surface area contributed by atoms with Crippen LogP contribution in [0.2, 0.25) is 0 Å². The third-order valence-corrected chi connectivity index (χ3v) is 3.60. The maximum atomic E-state index is 5.68. The third kappa shape index (κ3) is 2.30. The Balaban J connectivity index is 1.61. The van der Waals surface area contributed by atoms with E-state index in [9.17, 15) is 0 Å². The lowest BCUT2D eigenvalue weighted by Crippen LogP contribution is -1.77. The molecule has 1 aliphatic rings. The van der Waals surface area contributed by atoms with Gasteiger partial charge in [0.15, 0.2) is 11.0 Å². The van der Waals surface area contributed by atoms with Gasteiger partial charge in [-0.3, -0.25) is 0 Å². The second kappa shape index (κ2) is 4.34. The molecule has 0 unspecified atom stereocenters. The van der Waals surface area contributed by atoms with Gasteiger partial charge in [-0.1, -0.05) is 42.1 Å². The van der Waals surface area contributed by atoms with Crippen LogP contribution in [0, 0.1) is 0 Å². The van der Waals surface area contributed by atoms with Gasteiger partial charge in [0.2, 0.25) is 0 Å². The van der Waals surface area contributed by atoms with Gasteiger partial charge >= 0.3 is 0 Å². The van der Waals surface area contributed by atoms with E-state index in [1.807, 2.05) is 12.3 Å². The molecule has 16 heavy (non-hydrogen) atoms. The van der Waals surface area contributed by atoms with E-state index >= 15 is 0 Å². The molecule has 0 radical (unpaired) electrons. The standard InChI is InChI=1S/C13H13NOS/c1-2-4-10(5-3-1)9-16-12-8-14-13(15-12)11-6-7-11/h1-5,8,11H,6-7,9H2. The number of benzene rings is 1. The minimum atomic E-state index is 0.603. The van der Waals surface area contributed by atoms with Crippen molar-refractivity contribution in [3.8, 4) is 0 Å². The molecule has 0 atom stereocenters. The molecule has 0 saturated heterocycles. The first-order valence-corrected chi connectivity index (χ1v) is 6.53. The van der Waals surface area contributed by atoms with Crippen molar-refractivity contribution < 1.29 is 4.42 Å². The largest absolute Gasteiger partial charge is 0.434 e. The van der Waals surface area contributed by atoms with Gasteiger partial charge in [-0.15, -0.1) is 0 Å². The maximum Gasteiger partial charge on any atom is 0.198 e. The van der Waals surface area contributed by atoms with E-state index in [1.165, 1.54) is 18.4 Å². The monoisotopic (exact) mass is 231 g/mol. The number of nitrogens with zero attached hydrogens (tertiary/aromatic N) is 1. The smallest absolute Gasteiger partial charge is 0.198 e. The lowest BCUT2D eigenvalue weighted by molar-refractivity contribution is 0.424. The predicted molar refractivity (Wildman–Crippen MR) is 64.5 cm³/mol. The molecule has 0 N–H and O–H groups in total. The molecule has 2 aromatic rings. The van der Waals surface area contributed by atoms with Crippen LogP contribution in [-0.2, 0) is 5.75 Å². The molecule has 0 bridgehead atoms. The van der Waals surface area contributed by atoms with Crippen molar-refractivity contribution in [2.45, 2.75) is 29.6 Å². The normalized spacial score (nSPS) is 15.2. The van der Waals surface area contributed by atoms with Crippen molar-refractivity contribution in [3.63, 3.8) is 0 Å². The lowest BCUT2D eigenvalue weighted by atomic mass is 10.2. The number of hydrogen-bond donors (Lipinski definition) is 0. The number of thioether (sulfide) groups is 1. The van der Waals surface area contributed by atoms with Crippen molar-refractivity contribution in [2.75, 3.05) is 0 Å². The number of aromatic nitrogens is 1. The second-order valence-electron chi connectivity index (χ2n) is 4.07. The molecule has 0 spiro atoms. The third-order valence-electron chi connectivity index (χ3n) is 2.65. The van der Waals surface area contributed by atoms with Gasteiger partial charge in [-0.2, -0.15) is 0 Å². The zero-order chi connectivity index (χ0) is 10.8. The lowest BCUT2D eigenvalue weighted by Gasteiger charge is -1.97. The summed E-state index contributed by atoms with van der Waals surface area (Å²) in [5.74, 6) is 2.47. The van der Waals surface area contributed by atoms with Crippen LogP contribution in [0.4, 0.5) is 0 Å². The Hall–Kier alpha value is -1.22. The van der Waals surface area contributed by atoms with E-state index in [0.717, 1.165) is 16.7 Å². The molecule has 0 amide bonds. The zero-order valence-corrected chi connectivity index (χ0v) is 9.74. The van der Waals surface area contributed by atoms with Crippen molar-refractivity contribution >= 4 is 11.8 Å². The Bertz CT molecular complexity index is 462. The summed E-state index contributed by atoms with van der Waals surface area (Å²) in [6.45, 7) is 0. The first-order valence-electron chi connectivity index (χ1n) is 5.54. The summed E-state index contributed by atoms with van der Waals surface area (Å²) < 4.78 is 5.68. The van der Waals surface area contributed by atoms with Crippen LogP contribution in [0.3, 0.4) is 0 Å². The molecule has 82 valence electrons. The molecule has 3 heteroatoms. The van der Waals surface area contributed by atoms with Crippen LogP contribution < -0.4 is 0 Å². The molecule has 3 rings (SSSR count). The second-order valence-corrected chi connectivity index (χ2v) is 5.05. The van der Waals surface area contributed by atoms with Crippen LogP contribution in [0.25, 0.3) is 0 Å². The highest BCUT2D eigenvalue weighted by molar-refractivity contribution is 7.98. The van der Waals surface area contributed by atoms with Crippen LogP contribution >= 0.6 is 11.8 Å². The Labute approximate surface area is 99.1 Å². The Morgan fingerprint density at radius 3 is 2.81 bits per heavy atom. The molecule has 1 aromatic carbocycles. The Kier molecular flexibility index (Phi) is 2.70. The van der Waals surface area contributed by atoms with Crippen molar-refractivity contribution in [1.82, 2.24) is 4.98 Å². The fourth-order valence-corrected chi connectivity index (χ4v) is 2.36.